The van der Waals surface area contributed by atoms with Gasteiger partial charge in [-0.2, -0.15) is 0 Å². The van der Waals surface area contributed by atoms with E-state index < -0.39 is 0 Å². The van der Waals surface area contributed by atoms with Crippen molar-refractivity contribution >= 4 is 12.1 Å². The highest BCUT2D eigenvalue weighted by Gasteiger charge is 2.32. The van der Waals surface area contributed by atoms with Crippen LogP contribution in [0.25, 0.3) is 0 Å². The minimum atomic E-state index is 0.198. The first-order valence-corrected chi connectivity index (χ1v) is 12.2. The summed E-state index contributed by atoms with van der Waals surface area (Å²) in [5, 5.41) is 0. The molecule has 3 fully saturated rings. The standard InChI is InChI=1S/C25H42O2/c1-19-8-6-13-23(16-19)25(27)15-7-14-24(18-26)22-12-5-3-10-20-9-2-4-11-21(20)17-22/h18-24H,2-17H2,1H3. The van der Waals surface area contributed by atoms with E-state index in [0.717, 1.165) is 37.5 Å². The van der Waals surface area contributed by atoms with Crippen LogP contribution in [0.2, 0.25) is 0 Å². The first-order chi connectivity index (χ1) is 13.2. The molecule has 6 atom stereocenters. The van der Waals surface area contributed by atoms with Gasteiger partial charge < -0.3 is 4.79 Å². The molecule has 0 amide bonds. The molecule has 0 bridgehead atoms. The van der Waals surface area contributed by atoms with Gasteiger partial charge in [0.2, 0.25) is 0 Å². The summed E-state index contributed by atoms with van der Waals surface area (Å²) in [6, 6.07) is 0. The molecule has 0 spiro atoms. The lowest BCUT2D eigenvalue weighted by Crippen LogP contribution is -2.28. The van der Waals surface area contributed by atoms with Crippen molar-refractivity contribution in [1.29, 1.82) is 0 Å². The van der Waals surface area contributed by atoms with Crippen LogP contribution in [-0.2, 0) is 9.59 Å². The number of Topliss-reactive ketones (excluding diaryl/α,β-unsaturated/α-hetero) is 1. The average molecular weight is 375 g/mol. The summed E-state index contributed by atoms with van der Waals surface area (Å²) < 4.78 is 0. The first-order valence-electron chi connectivity index (χ1n) is 12.2. The highest BCUT2D eigenvalue weighted by molar-refractivity contribution is 5.81. The Morgan fingerprint density at radius 3 is 2.30 bits per heavy atom. The lowest BCUT2D eigenvalue weighted by molar-refractivity contribution is -0.124. The van der Waals surface area contributed by atoms with E-state index in [4.69, 9.17) is 0 Å². The van der Waals surface area contributed by atoms with Gasteiger partial charge in [0, 0.05) is 18.3 Å². The van der Waals surface area contributed by atoms with Gasteiger partial charge in [0.05, 0.1) is 0 Å². The molecular weight excluding hydrogens is 332 g/mol. The molecule has 27 heavy (non-hydrogen) atoms. The Bertz CT molecular complexity index is 471. The molecule has 3 rings (SSSR count). The van der Waals surface area contributed by atoms with Gasteiger partial charge in [-0.25, -0.2) is 0 Å². The first kappa shape index (κ1) is 21.1. The number of ketones is 1. The Labute approximate surface area is 167 Å². The fourth-order valence-corrected chi connectivity index (χ4v) is 6.54. The van der Waals surface area contributed by atoms with Crippen LogP contribution in [0.3, 0.4) is 0 Å². The molecule has 0 aliphatic heterocycles. The Morgan fingerprint density at radius 2 is 1.59 bits per heavy atom. The zero-order valence-electron chi connectivity index (χ0n) is 17.7. The van der Waals surface area contributed by atoms with E-state index in [-0.39, 0.29) is 5.92 Å². The van der Waals surface area contributed by atoms with Gasteiger partial charge in [0.25, 0.3) is 0 Å². The van der Waals surface area contributed by atoms with E-state index in [1.165, 1.54) is 76.9 Å². The van der Waals surface area contributed by atoms with E-state index in [2.05, 4.69) is 6.92 Å². The summed E-state index contributed by atoms with van der Waals surface area (Å²) in [6.07, 6.45) is 20.8. The number of rotatable bonds is 7. The Hall–Kier alpha value is -0.660. The zero-order valence-corrected chi connectivity index (χ0v) is 17.7. The van der Waals surface area contributed by atoms with Crippen LogP contribution in [-0.4, -0.2) is 12.1 Å². The quantitative estimate of drug-likeness (QED) is 0.462. The molecule has 0 aromatic rings. The Balaban J connectivity index is 1.47. The van der Waals surface area contributed by atoms with Crippen molar-refractivity contribution in [2.24, 2.45) is 35.5 Å². The predicted molar refractivity (Wildman–Crippen MR) is 112 cm³/mol. The number of carbonyl (C=O) groups is 2. The van der Waals surface area contributed by atoms with E-state index >= 15 is 0 Å². The highest BCUT2D eigenvalue weighted by atomic mass is 16.1. The maximum atomic E-state index is 12.6. The second-order valence-corrected chi connectivity index (χ2v) is 10.2. The maximum absolute atomic E-state index is 12.6. The molecule has 0 saturated heterocycles. The summed E-state index contributed by atoms with van der Waals surface area (Å²) in [7, 11) is 0. The molecule has 3 saturated carbocycles. The third kappa shape index (κ3) is 6.16. The minimum absolute atomic E-state index is 0.198. The largest absolute Gasteiger partial charge is 0.303 e. The summed E-state index contributed by atoms with van der Waals surface area (Å²) in [5.41, 5.74) is 0. The highest BCUT2D eigenvalue weighted by Crippen LogP contribution is 2.42. The van der Waals surface area contributed by atoms with E-state index in [0.29, 0.717) is 30.0 Å². The van der Waals surface area contributed by atoms with Crippen molar-refractivity contribution in [3.05, 3.63) is 0 Å². The number of hydrogen-bond acceptors (Lipinski definition) is 2. The van der Waals surface area contributed by atoms with Crippen LogP contribution >= 0.6 is 0 Å². The number of fused-ring (bicyclic) bond motifs is 1. The fourth-order valence-electron chi connectivity index (χ4n) is 6.54. The third-order valence-electron chi connectivity index (χ3n) is 8.20. The van der Waals surface area contributed by atoms with Gasteiger partial charge in [-0.05, 0) is 62.2 Å². The second kappa shape index (κ2) is 10.8. The van der Waals surface area contributed by atoms with E-state index in [9.17, 15) is 9.59 Å². The second-order valence-electron chi connectivity index (χ2n) is 10.2. The molecule has 0 aromatic carbocycles. The van der Waals surface area contributed by atoms with Crippen molar-refractivity contribution in [3.8, 4) is 0 Å². The zero-order chi connectivity index (χ0) is 19.1. The summed E-state index contributed by atoms with van der Waals surface area (Å²) in [4.78, 5) is 24.5. The molecule has 0 radical (unpaired) electrons. The van der Waals surface area contributed by atoms with Crippen molar-refractivity contribution in [1.82, 2.24) is 0 Å². The molecule has 0 heterocycles. The molecule has 3 aliphatic rings. The van der Waals surface area contributed by atoms with Crippen molar-refractivity contribution < 1.29 is 9.59 Å². The van der Waals surface area contributed by atoms with Crippen molar-refractivity contribution in [2.75, 3.05) is 0 Å². The Kier molecular flexibility index (Phi) is 8.40. The minimum Gasteiger partial charge on any atom is -0.303 e. The molecule has 0 aromatic heterocycles. The van der Waals surface area contributed by atoms with Crippen LogP contribution in [0.1, 0.15) is 110 Å². The molecule has 3 aliphatic carbocycles. The van der Waals surface area contributed by atoms with Crippen LogP contribution in [0.5, 0.6) is 0 Å². The number of carbonyl (C=O) groups excluding carboxylic acids is 2. The normalized spacial score (nSPS) is 36.1. The lowest BCUT2D eigenvalue weighted by Gasteiger charge is -2.37. The molecule has 0 N–H and O–H groups in total. The lowest BCUT2D eigenvalue weighted by atomic mass is 9.68. The van der Waals surface area contributed by atoms with Crippen LogP contribution < -0.4 is 0 Å². The van der Waals surface area contributed by atoms with Gasteiger partial charge in [-0.3, -0.25) is 4.79 Å². The molecule has 154 valence electrons. The smallest absolute Gasteiger partial charge is 0.135 e. The van der Waals surface area contributed by atoms with Crippen LogP contribution in [0.15, 0.2) is 0 Å². The van der Waals surface area contributed by atoms with Crippen molar-refractivity contribution in [2.45, 2.75) is 110 Å². The monoisotopic (exact) mass is 374 g/mol. The van der Waals surface area contributed by atoms with Crippen LogP contribution in [0, 0.1) is 35.5 Å². The van der Waals surface area contributed by atoms with Gasteiger partial charge in [-0.1, -0.05) is 64.7 Å². The summed E-state index contributed by atoms with van der Waals surface area (Å²) in [5.74, 6) is 4.10. The number of hydrogen-bond donors (Lipinski definition) is 0. The summed E-state index contributed by atoms with van der Waals surface area (Å²) in [6.45, 7) is 2.29. The van der Waals surface area contributed by atoms with E-state index in [1.807, 2.05) is 0 Å². The Morgan fingerprint density at radius 1 is 0.889 bits per heavy atom. The van der Waals surface area contributed by atoms with E-state index in [1.54, 1.807) is 0 Å². The maximum Gasteiger partial charge on any atom is 0.135 e. The predicted octanol–water partition coefficient (Wildman–Crippen LogP) is 6.75. The molecular formula is C25H42O2. The SMILES string of the molecule is CC1CCCC(C(=O)CCCC(C=O)C2CCCCC3CCCCC3C2)C1. The number of aldehydes is 1. The summed E-state index contributed by atoms with van der Waals surface area (Å²) >= 11 is 0. The molecule has 2 heteroatoms. The molecule has 6 unspecified atom stereocenters. The van der Waals surface area contributed by atoms with Gasteiger partial charge in [0.15, 0.2) is 0 Å². The van der Waals surface area contributed by atoms with Crippen LogP contribution in [0.4, 0.5) is 0 Å². The average Bonchev–Trinajstić information content (AvgIpc) is 2.66. The van der Waals surface area contributed by atoms with Gasteiger partial charge in [-0.15, -0.1) is 0 Å². The molecule has 2 nitrogen and oxygen atoms in total. The fraction of sp³-hybridized carbons (Fsp3) is 0.920. The van der Waals surface area contributed by atoms with Crippen molar-refractivity contribution in [3.63, 3.8) is 0 Å². The third-order valence-corrected chi connectivity index (χ3v) is 8.20. The van der Waals surface area contributed by atoms with Gasteiger partial charge in [0.1, 0.15) is 12.1 Å². The van der Waals surface area contributed by atoms with Gasteiger partial charge >= 0.3 is 0 Å². The topological polar surface area (TPSA) is 34.1 Å².